The average molecular weight is 834 g/mol. The fourth-order valence-corrected chi connectivity index (χ4v) is 10.3. The molecular formula is C42H54F3N3O9S. The van der Waals surface area contributed by atoms with E-state index in [4.69, 9.17) is 14.2 Å². The van der Waals surface area contributed by atoms with Crippen LogP contribution in [0.4, 0.5) is 13.2 Å². The van der Waals surface area contributed by atoms with Crippen molar-refractivity contribution in [2.24, 2.45) is 29.1 Å². The van der Waals surface area contributed by atoms with Crippen molar-refractivity contribution >= 4 is 44.4 Å². The molecule has 2 saturated carbocycles. The van der Waals surface area contributed by atoms with E-state index in [1.54, 1.807) is 51.4 Å². The molecule has 12 nitrogen and oxygen atoms in total. The van der Waals surface area contributed by atoms with Gasteiger partial charge in [-0.15, -0.1) is 0 Å². The van der Waals surface area contributed by atoms with Gasteiger partial charge >= 0.3 is 12.1 Å². The zero-order valence-corrected chi connectivity index (χ0v) is 34.7. The summed E-state index contributed by atoms with van der Waals surface area (Å²) < 4.78 is 86.2. The molecule has 318 valence electrons. The van der Waals surface area contributed by atoms with Crippen molar-refractivity contribution in [1.29, 1.82) is 0 Å². The molecule has 4 aliphatic rings. The number of fused-ring (bicyclic) bond motifs is 3. The number of sulfonamides is 1. The van der Waals surface area contributed by atoms with Gasteiger partial charge in [0.1, 0.15) is 11.9 Å². The summed E-state index contributed by atoms with van der Waals surface area (Å²) in [6.45, 7) is 6.86. The number of nitrogens with one attached hydrogen (secondary N) is 1. The number of methoxy groups -OCH3 is 1. The molecule has 2 amide bonds. The number of aromatic nitrogens is 1. The molecule has 3 heterocycles. The van der Waals surface area contributed by atoms with Crippen LogP contribution in [0.5, 0.6) is 11.6 Å². The van der Waals surface area contributed by atoms with Gasteiger partial charge in [0.25, 0.3) is 0 Å². The maximum Gasteiger partial charge on any atom is 0.427 e. The minimum atomic E-state index is -4.86. The van der Waals surface area contributed by atoms with E-state index in [-0.39, 0.29) is 37.6 Å². The Labute approximate surface area is 337 Å². The summed E-state index contributed by atoms with van der Waals surface area (Å²) in [6, 6.07) is 5.93. The highest BCUT2D eigenvalue weighted by Gasteiger charge is 2.63. The van der Waals surface area contributed by atoms with E-state index in [0.717, 1.165) is 19.2 Å². The van der Waals surface area contributed by atoms with Crippen molar-refractivity contribution in [2.75, 3.05) is 13.7 Å². The van der Waals surface area contributed by atoms with E-state index in [9.17, 15) is 40.8 Å². The Balaban J connectivity index is 1.35. The maximum absolute atomic E-state index is 14.8. The van der Waals surface area contributed by atoms with E-state index >= 15 is 0 Å². The van der Waals surface area contributed by atoms with Gasteiger partial charge < -0.3 is 19.1 Å². The Hall–Kier alpha value is -4.21. The molecule has 1 aromatic carbocycles. The van der Waals surface area contributed by atoms with Crippen LogP contribution in [-0.2, 0) is 33.9 Å². The minimum Gasteiger partial charge on any atom is -0.497 e. The van der Waals surface area contributed by atoms with E-state index < -0.39 is 91.8 Å². The molecule has 1 aromatic heterocycles. The Morgan fingerprint density at radius 1 is 1.09 bits per heavy atom. The van der Waals surface area contributed by atoms with E-state index in [1.165, 1.54) is 4.90 Å². The number of esters is 1. The molecule has 58 heavy (non-hydrogen) atoms. The van der Waals surface area contributed by atoms with Crippen molar-refractivity contribution in [1.82, 2.24) is 14.6 Å². The number of halogens is 3. The summed E-state index contributed by atoms with van der Waals surface area (Å²) >= 11 is 0. The van der Waals surface area contributed by atoms with Crippen LogP contribution in [-0.4, -0.2) is 84.2 Å². The number of ketones is 1. The van der Waals surface area contributed by atoms with Gasteiger partial charge in [-0.05, 0) is 106 Å². The third-order valence-electron chi connectivity index (χ3n) is 12.9. The van der Waals surface area contributed by atoms with Crippen molar-refractivity contribution in [3.05, 3.63) is 42.6 Å². The number of hydrogen-bond acceptors (Lipinski definition) is 10. The van der Waals surface area contributed by atoms with Crippen molar-refractivity contribution in [3.8, 4) is 11.6 Å². The zero-order valence-electron chi connectivity index (χ0n) is 33.9. The number of nitrogens with zero attached hydrogens (tertiary/aromatic N) is 2. The van der Waals surface area contributed by atoms with Gasteiger partial charge in [0.2, 0.25) is 33.3 Å². The number of carbonyl (C=O) groups is 4. The Morgan fingerprint density at radius 2 is 1.81 bits per heavy atom. The predicted molar refractivity (Wildman–Crippen MR) is 208 cm³/mol. The monoisotopic (exact) mass is 833 g/mol. The standard InChI is InChI=1S/C42H54F3N3O9S/c1-7-40(15-16-40)58(53,54)47-38(52)41-22-28(41)11-9-8-10-25(2)18-26(3)32(21-35(50)57-39(4,5)42(43,44)45)37(51)48-24-30(20-33(48)34(49)23-41)56-36-31-13-12-29(55-6)19-27(31)14-17-46-36/h9,11-14,17,19,25-26,28,30,32-33H,7-8,10,15-16,18,20-24H2,1-6H3,(H,47,52)/b11-9-/t25-,26-,28-,30-,32+,33+,41-/m1/s1. The summed E-state index contributed by atoms with van der Waals surface area (Å²) in [5, 5.41) is 1.41. The maximum atomic E-state index is 14.8. The quantitative estimate of drug-likeness (QED) is 0.198. The third kappa shape index (κ3) is 8.72. The molecule has 6 rings (SSSR count). The predicted octanol–water partition coefficient (Wildman–Crippen LogP) is 6.85. The molecule has 2 aliphatic heterocycles. The number of hydrogen-bond donors (Lipinski definition) is 1. The van der Waals surface area contributed by atoms with Gasteiger partial charge in [-0.25, -0.2) is 13.4 Å². The van der Waals surface area contributed by atoms with Crippen LogP contribution in [0, 0.1) is 29.1 Å². The van der Waals surface area contributed by atoms with Crippen LogP contribution < -0.4 is 14.2 Å². The van der Waals surface area contributed by atoms with E-state index in [1.807, 2.05) is 19.1 Å². The lowest BCUT2D eigenvalue weighted by atomic mass is 9.82. The first-order valence-corrected chi connectivity index (χ1v) is 21.6. The highest BCUT2D eigenvalue weighted by Crippen LogP contribution is 2.58. The van der Waals surface area contributed by atoms with Crippen LogP contribution >= 0.6 is 0 Å². The minimum absolute atomic E-state index is 0.0166. The SMILES string of the molecule is CCC1(S(=O)(=O)NC(=O)[C@]23CC(=O)[C@@H]4C[C@@H](Oc5nccc6cc(OC)ccc56)CN4C(=O)[C@@H](CC(=O)OC(C)(C)C(F)(F)F)[C@H](C)C[C@H](C)CC/C=C\[C@@H]2C3)CC1. The van der Waals surface area contributed by atoms with Crippen molar-refractivity contribution in [2.45, 2.75) is 127 Å². The van der Waals surface area contributed by atoms with Gasteiger partial charge in [0.05, 0.1) is 42.2 Å². The first-order chi connectivity index (χ1) is 27.2. The smallest absolute Gasteiger partial charge is 0.427 e. The molecule has 0 spiro atoms. The van der Waals surface area contributed by atoms with Crippen LogP contribution in [0.15, 0.2) is 42.6 Å². The summed E-state index contributed by atoms with van der Waals surface area (Å²) in [5.74, 6) is -4.29. The largest absolute Gasteiger partial charge is 0.497 e. The van der Waals surface area contributed by atoms with Gasteiger partial charge in [0.15, 0.2) is 5.78 Å². The van der Waals surface area contributed by atoms with Crippen molar-refractivity contribution in [3.63, 3.8) is 0 Å². The number of carbonyl (C=O) groups excluding carboxylic acids is 4. The summed E-state index contributed by atoms with van der Waals surface area (Å²) in [5.41, 5.74) is -4.18. The molecule has 1 saturated heterocycles. The number of pyridine rings is 1. The topological polar surface area (TPSA) is 158 Å². The van der Waals surface area contributed by atoms with Crippen molar-refractivity contribution < 1.29 is 55.0 Å². The Bertz CT molecular complexity index is 2070. The number of rotatable bonds is 10. The highest BCUT2D eigenvalue weighted by atomic mass is 32.2. The second-order valence-corrected chi connectivity index (χ2v) is 19.5. The molecule has 7 atom stereocenters. The van der Waals surface area contributed by atoms with Gasteiger partial charge in [0, 0.05) is 24.4 Å². The van der Waals surface area contributed by atoms with Gasteiger partial charge in [-0.2, -0.15) is 13.2 Å². The van der Waals surface area contributed by atoms with E-state index in [2.05, 4.69) is 9.71 Å². The molecule has 1 N–H and O–H groups in total. The lowest BCUT2D eigenvalue weighted by molar-refractivity contribution is -0.257. The number of benzene rings is 1. The van der Waals surface area contributed by atoms with Gasteiger partial charge in [-0.3, -0.25) is 23.9 Å². The lowest BCUT2D eigenvalue weighted by Crippen LogP contribution is -2.48. The molecule has 0 radical (unpaired) electrons. The Kier molecular flexibility index (Phi) is 12.0. The molecule has 2 aliphatic carbocycles. The second kappa shape index (κ2) is 16.1. The zero-order chi connectivity index (χ0) is 42.4. The average Bonchev–Trinajstić information content (AvgIpc) is 4.05. The number of alkyl halides is 3. The number of amides is 2. The normalized spacial score (nSPS) is 29.6. The second-order valence-electron chi connectivity index (χ2n) is 17.4. The number of allylic oxidation sites excluding steroid dienone is 2. The molecule has 0 bridgehead atoms. The first kappa shape index (κ1) is 43.4. The van der Waals surface area contributed by atoms with Crippen LogP contribution in [0.25, 0.3) is 10.8 Å². The lowest BCUT2D eigenvalue weighted by Gasteiger charge is -2.33. The molecule has 3 fully saturated rings. The molecular weight excluding hydrogens is 780 g/mol. The van der Waals surface area contributed by atoms with Crippen LogP contribution in [0.1, 0.15) is 98.8 Å². The number of ether oxygens (including phenoxy) is 3. The van der Waals surface area contributed by atoms with Crippen LogP contribution in [0.2, 0.25) is 0 Å². The third-order valence-corrected chi connectivity index (χ3v) is 15.2. The summed E-state index contributed by atoms with van der Waals surface area (Å²) in [6.07, 6.45) is 1.78. The first-order valence-electron chi connectivity index (χ1n) is 20.1. The van der Waals surface area contributed by atoms with E-state index in [0.29, 0.717) is 49.7 Å². The molecule has 2 aromatic rings. The molecule has 0 unspecified atom stereocenters. The summed E-state index contributed by atoms with van der Waals surface area (Å²) in [4.78, 5) is 62.6. The highest BCUT2D eigenvalue weighted by molar-refractivity contribution is 7.91. The Morgan fingerprint density at radius 3 is 2.47 bits per heavy atom. The summed E-state index contributed by atoms with van der Waals surface area (Å²) in [7, 11) is -2.50. The molecule has 16 heteroatoms. The van der Waals surface area contributed by atoms with Gasteiger partial charge in [-0.1, -0.05) is 32.9 Å². The fourth-order valence-electron chi connectivity index (χ4n) is 8.65. The van der Waals surface area contributed by atoms with Crippen LogP contribution in [0.3, 0.4) is 0 Å². The fraction of sp³-hybridized carbons (Fsp3) is 0.643. The number of Topliss-reactive ketones (excluding diaryl/α,β-unsaturated/α-hetero) is 1.